The first kappa shape index (κ1) is 18.2. The molecule has 0 saturated heterocycles. The molecule has 3 aromatic carbocycles. The second-order valence-corrected chi connectivity index (χ2v) is 7.45. The molecule has 3 aromatic heterocycles. The van der Waals surface area contributed by atoms with E-state index in [1.54, 1.807) is 12.4 Å². The molecule has 0 aliphatic rings. The summed E-state index contributed by atoms with van der Waals surface area (Å²) in [5.41, 5.74) is 2.27. The van der Waals surface area contributed by atoms with Gasteiger partial charge in [-0.05, 0) is 36.4 Å². The summed E-state index contributed by atoms with van der Waals surface area (Å²) in [5.74, 6) is 0. The highest BCUT2D eigenvalue weighted by Gasteiger charge is 2.22. The van der Waals surface area contributed by atoms with Gasteiger partial charge in [0.15, 0.2) is 0 Å². The van der Waals surface area contributed by atoms with Crippen molar-refractivity contribution in [2.45, 2.75) is 0 Å². The van der Waals surface area contributed by atoms with E-state index in [0.717, 1.165) is 10.8 Å². The number of aromatic nitrogens is 4. The van der Waals surface area contributed by atoms with Gasteiger partial charge in [-0.15, -0.1) is 0 Å². The van der Waals surface area contributed by atoms with Gasteiger partial charge in [-0.2, -0.15) is 0 Å². The van der Waals surface area contributed by atoms with Gasteiger partial charge in [0.05, 0.1) is 11.0 Å². The van der Waals surface area contributed by atoms with Crippen molar-refractivity contribution in [2.75, 3.05) is 0 Å². The third-order valence-electron chi connectivity index (χ3n) is 5.64. The minimum absolute atomic E-state index is 0.548. The first-order valence-electron chi connectivity index (χ1n) is 10.2. The third kappa shape index (κ3) is 2.53. The van der Waals surface area contributed by atoms with Crippen LogP contribution < -0.4 is 11.1 Å². The van der Waals surface area contributed by atoms with Crippen LogP contribution >= 0.6 is 0 Å². The van der Waals surface area contributed by atoms with E-state index >= 15 is 0 Å². The quantitative estimate of drug-likeness (QED) is 0.313. The number of nitrogens with zero attached hydrogens (tertiary/aromatic N) is 4. The van der Waals surface area contributed by atoms with Gasteiger partial charge >= 0.3 is 11.1 Å². The molecule has 3 heterocycles. The summed E-state index contributed by atoms with van der Waals surface area (Å²) in [6.45, 7) is 0. The van der Waals surface area contributed by atoms with Crippen molar-refractivity contribution in [3.05, 3.63) is 118 Å². The molecule has 0 radical (unpaired) electrons. The first-order chi connectivity index (χ1) is 15.8. The lowest BCUT2D eigenvalue weighted by Crippen LogP contribution is -2.40. The molecule has 6 nitrogen and oxygen atoms in total. The van der Waals surface area contributed by atoms with Crippen LogP contribution in [0.1, 0.15) is 0 Å². The fraction of sp³-hybridized carbons (Fsp3) is 0. The predicted octanol–water partition coefficient (Wildman–Crippen LogP) is 4.24. The number of hydrogen-bond acceptors (Lipinski definition) is 4. The number of hydrogen-bond donors (Lipinski definition) is 0. The van der Waals surface area contributed by atoms with E-state index in [-0.39, 0.29) is 0 Å². The van der Waals surface area contributed by atoms with Crippen LogP contribution in [-0.2, 0) is 0 Å². The van der Waals surface area contributed by atoms with Crippen LogP contribution in [0.3, 0.4) is 0 Å². The minimum atomic E-state index is -0.644. The monoisotopic (exact) mass is 416 g/mol. The number of pyridine rings is 2. The fourth-order valence-corrected chi connectivity index (χ4v) is 4.31. The Kier molecular flexibility index (Phi) is 3.98. The Morgan fingerprint density at radius 2 is 0.906 bits per heavy atom. The normalized spacial score (nSPS) is 11.4. The maximum Gasteiger partial charge on any atom is 0.321 e. The third-order valence-corrected chi connectivity index (χ3v) is 5.64. The van der Waals surface area contributed by atoms with Gasteiger partial charge in [0.1, 0.15) is 11.0 Å². The summed E-state index contributed by atoms with van der Waals surface area (Å²) in [6.07, 6.45) is 3.39. The van der Waals surface area contributed by atoms with Crippen molar-refractivity contribution in [3.8, 4) is 11.4 Å². The SMILES string of the molecule is O=c1c(=O)n(-c2ccccc2)c2c3ncccc3c3cccnc3c2n1-c1ccccc1. The zero-order valence-electron chi connectivity index (χ0n) is 16.8. The molecule has 152 valence electrons. The standard InChI is InChI=1S/C26H16N4O2/c31-25-26(32)30(18-11-5-2-6-12-18)24-22-20(14-8-16-28-22)19-13-7-15-27-21(19)23(24)29(25)17-9-3-1-4-10-17/h1-16H. The molecule has 6 heteroatoms. The Labute approximate surface area is 181 Å². The molecule has 0 N–H and O–H groups in total. The summed E-state index contributed by atoms with van der Waals surface area (Å²) < 4.78 is 2.92. The summed E-state index contributed by atoms with van der Waals surface area (Å²) in [7, 11) is 0. The van der Waals surface area contributed by atoms with Crippen LogP contribution in [0.4, 0.5) is 0 Å². The second-order valence-electron chi connectivity index (χ2n) is 7.45. The van der Waals surface area contributed by atoms with Gasteiger partial charge in [-0.3, -0.25) is 28.7 Å². The molecule has 6 rings (SSSR count). The smallest absolute Gasteiger partial charge is 0.268 e. The summed E-state index contributed by atoms with van der Waals surface area (Å²) in [4.78, 5) is 36.4. The van der Waals surface area contributed by atoms with Crippen LogP contribution in [0.15, 0.2) is 107 Å². The van der Waals surface area contributed by atoms with E-state index in [9.17, 15) is 9.59 Å². The van der Waals surface area contributed by atoms with Crippen molar-refractivity contribution in [2.24, 2.45) is 0 Å². The lowest BCUT2D eigenvalue weighted by molar-refractivity contribution is 0.922. The van der Waals surface area contributed by atoms with Crippen molar-refractivity contribution < 1.29 is 0 Å². The van der Waals surface area contributed by atoms with E-state index in [2.05, 4.69) is 9.97 Å². The highest BCUT2D eigenvalue weighted by Crippen LogP contribution is 2.33. The predicted molar refractivity (Wildman–Crippen MR) is 126 cm³/mol. The summed E-state index contributed by atoms with van der Waals surface area (Å²) >= 11 is 0. The van der Waals surface area contributed by atoms with Crippen LogP contribution in [0, 0.1) is 0 Å². The van der Waals surface area contributed by atoms with Gasteiger partial charge in [0.2, 0.25) is 0 Å². The van der Waals surface area contributed by atoms with Crippen LogP contribution in [0.5, 0.6) is 0 Å². The molecule has 0 aliphatic carbocycles. The molecule has 0 unspecified atom stereocenters. The molecule has 32 heavy (non-hydrogen) atoms. The number of benzene rings is 3. The molecule has 0 amide bonds. The molecule has 6 aromatic rings. The van der Waals surface area contributed by atoms with Gasteiger partial charge in [-0.1, -0.05) is 48.5 Å². The second kappa shape index (κ2) is 6.99. The van der Waals surface area contributed by atoms with Crippen molar-refractivity contribution in [3.63, 3.8) is 0 Å². The van der Waals surface area contributed by atoms with Crippen LogP contribution in [0.2, 0.25) is 0 Å². The van der Waals surface area contributed by atoms with Crippen molar-refractivity contribution in [1.82, 2.24) is 19.1 Å². The lowest BCUT2D eigenvalue weighted by Gasteiger charge is -2.18. The number of para-hydroxylation sites is 2. The van der Waals surface area contributed by atoms with Gasteiger partial charge in [0, 0.05) is 34.5 Å². The zero-order valence-corrected chi connectivity index (χ0v) is 16.8. The maximum atomic E-state index is 13.5. The molecule has 0 atom stereocenters. The largest absolute Gasteiger partial charge is 0.321 e. The van der Waals surface area contributed by atoms with Gasteiger partial charge in [-0.25, -0.2) is 0 Å². The Balaban J connectivity index is 2.01. The van der Waals surface area contributed by atoms with E-state index in [4.69, 9.17) is 0 Å². The Bertz CT molecular complexity index is 1620. The average Bonchev–Trinajstić information content (AvgIpc) is 2.86. The Morgan fingerprint density at radius 3 is 1.31 bits per heavy atom. The van der Waals surface area contributed by atoms with E-state index in [1.165, 1.54) is 9.13 Å². The molecular formula is C26H16N4O2. The van der Waals surface area contributed by atoms with Gasteiger partial charge in [0.25, 0.3) is 0 Å². The van der Waals surface area contributed by atoms with E-state index in [0.29, 0.717) is 33.4 Å². The van der Waals surface area contributed by atoms with Gasteiger partial charge < -0.3 is 0 Å². The minimum Gasteiger partial charge on any atom is -0.268 e. The average molecular weight is 416 g/mol. The first-order valence-corrected chi connectivity index (χ1v) is 10.2. The van der Waals surface area contributed by atoms with Crippen LogP contribution in [0.25, 0.3) is 44.2 Å². The van der Waals surface area contributed by atoms with E-state index < -0.39 is 11.1 Å². The molecule has 0 saturated carbocycles. The number of rotatable bonds is 2. The van der Waals surface area contributed by atoms with Crippen molar-refractivity contribution >= 4 is 32.8 Å². The lowest BCUT2D eigenvalue weighted by atomic mass is 10.1. The molecular weight excluding hydrogens is 400 g/mol. The molecule has 0 bridgehead atoms. The summed E-state index contributed by atoms with van der Waals surface area (Å²) in [5, 5.41) is 1.73. The molecule has 0 aliphatic heterocycles. The van der Waals surface area contributed by atoms with E-state index in [1.807, 2.05) is 84.9 Å². The van der Waals surface area contributed by atoms with Crippen molar-refractivity contribution in [1.29, 1.82) is 0 Å². The Morgan fingerprint density at radius 1 is 0.500 bits per heavy atom. The molecule has 0 spiro atoms. The highest BCUT2D eigenvalue weighted by molar-refractivity contribution is 6.21. The maximum absolute atomic E-state index is 13.5. The zero-order chi connectivity index (χ0) is 21.7. The number of fused-ring (bicyclic) bond motifs is 6. The topological polar surface area (TPSA) is 69.8 Å². The molecule has 0 fully saturated rings. The highest BCUT2D eigenvalue weighted by atomic mass is 16.2. The van der Waals surface area contributed by atoms with Crippen LogP contribution in [-0.4, -0.2) is 19.1 Å². The Hall–Kier alpha value is -4.58. The summed E-state index contributed by atoms with van der Waals surface area (Å²) in [6, 6.07) is 26.0. The fourth-order valence-electron chi connectivity index (χ4n) is 4.31.